The Morgan fingerprint density at radius 1 is 0.802 bits per heavy atom. The Balaban J connectivity index is 1.75. The summed E-state index contributed by atoms with van der Waals surface area (Å²) in [4.78, 5) is 117. The van der Waals surface area contributed by atoms with Crippen molar-refractivity contribution >= 4 is 64.4 Å². The van der Waals surface area contributed by atoms with E-state index in [2.05, 4.69) is 26.1 Å². The fraction of sp³-hybridized carbons (Fsp3) is 0.710. The molecule has 2 N–H and O–H groups in total. The second kappa shape index (κ2) is 29.8. The molecular weight excluding hydrogens is 1200 g/mol. The minimum absolute atomic E-state index is 0.0841. The molecule has 1 saturated heterocycles. The first kappa shape index (κ1) is 76.2. The van der Waals surface area contributed by atoms with Gasteiger partial charge in [-0.1, -0.05) is 112 Å². The zero-order chi connectivity index (χ0) is 68.9. The standard InChI is InChI=1S/C69H108N2O18Si2/c1-24-90(25-2,26-3)88-49-38-50-69(39-81-50,85-46(14)73)59-57(84-61(77)47-33-29-27-30-34-47)53-54(75)55(44(12)52(67(53,21)22)58(82-45(13)72)60(76)68(49,59)23)83-62(78)56(89-91(41(6)7,42(8)9)43(10)11)48(37-40(4)5)70-51(74)35-31-28-32-36-71(63(79)86-65(15,16)17)64(80)87-66(18,19)20/h27,29-31,33-35,37,41-43,48-50,53-59,75H,24-26,28,32,36,38-39H2,1-23H3,(H,70,74)/b35-31+/t48-,49-,50+,53?,54+,55+,56+,57+,58+,59-,68+,69-/m0/s1. The Kier molecular flexibility index (Phi) is 25.0. The Morgan fingerprint density at radius 3 is 1.81 bits per heavy atom. The topological polar surface area (TPSA) is 255 Å². The first-order chi connectivity index (χ1) is 42.1. The van der Waals surface area contributed by atoms with Crippen LogP contribution in [0.1, 0.15) is 189 Å². The molecule has 91 heavy (non-hydrogen) atoms. The number of amides is 3. The number of carbonyl (C=O) groups is 8. The molecule has 1 aromatic carbocycles. The van der Waals surface area contributed by atoms with Crippen LogP contribution < -0.4 is 5.32 Å². The van der Waals surface area contributed by atoms with Gasteiger partial charge < -0.3 is 52.4 Å². The number of aliphatic hydroxyl groups is 1. The minimum atomic E-state index is -3.14. The van der Waals surface area contributed by atoms with Crippen LogP contribution in [0.4, 0.5) is 9.59 Å². The molecule has 20 nitrogen and oxygen atoms in total. The number of hydrogen-bond acceptors (Lipinski definition) is 18. The predicted molar refractivity (Wildman–Crippen MR) is 349 cm³/mol. The summed E-state index contributed by atoms with van der Waals surface area (Å²) in [5, 5.41) is 16.7. The average molecular weight is 1310 g/mol. The lowest BCUT2D eigenvalue weighted by Gasteiger charge is -2.67. The number of rotatable bonds is 24. The number of benzene rings is 1. The fourth-order valence-electron chi connectivity index (χ4n) is 15.0. The number of unbranched alkanes of at least 4 members (excludes halogenated alkanes) is 1. The van der Waals surface area contributed by atoms with Crippen LogP contribution in [-0.4, -0.2) is 153 Å². The Labute approximate surface area is 543 Å². The number of fused-ring (bicyclic) bond motifs is 5. The molecule has 12 atom stereocenters. The van der Waals surface area contributed by atoms with E-state index in [1.165, 1.54) is 19.9 Å². The second-order valence-corrected chi connectivity index (χ2v) is 39.4. The molecule has 0 radical (unpaired) electrons. The van der Waals surface area contributed by atoms with Gasteiger partial charge in [0.15, 0.2) is 31.9 Å². The first-order valence-electron chi connectivity index (χ1n) is 32.7. The third-order valence-corrected chi connectivity index (χ3v) is 29.9. The van der Waals surface area contributed by atoms with Crippen LogP contribution in [0, 0.1) is 22.7 Å². The highest BCUT2D eigenvalue weighted by atomic mass is 28.4. The summed E-state index contributed by atoms with van der Waals surface area (Å²) in [5.74, 6) is -7.25. The van der Waals surface area contributed by atoms with Crippen LogP contribution in [0.5, 0.6) is 0 Å². The Morgan fingerprint density at radius 2 is 1.35 bits per heavy atom. The molecule has 3 aliphatic carbocycles. The lowest BCUT2D eigenvalue weighted by molar-refractivity contribution is -0.336. The van der Waals surface area contributed by atoms with Crippen molar-refractivity contribution in [2.45, 2.75) is 279 Å². The number of ketones is 1. The van der Waals surface area contributed by atoms with Gasteiger partial charge in [-0.05, 0) is 152 Å². The number of esters is 4. The van der Waals surface area contributed by atoms with Gasteiger partial charge >= 0.3 is 36.1 Å². The number of nitrogens with one attached hydrogen (secondary N) is 1. The molecule has 3 fully saturated rings. The van der Waals surface area contributed by atoms with E-state index in [1.807, 2.05) is 41.5 Å². The Bertz CT molecular complexity index is 2840. The van der Waals surface area contributed by atoms with Gasteiger partial charge in [-0.3, -0.25) is 19.2 Å². The Hall–Kier alpha value is -5.53. The van der Waals surface area contributed by atoms with Gasteiger partial charge in [0.2, 0.25) is 14.2 Å². The quantitative estimate of drug-likeness (QED) is 0.0243. The first-order valence-corrected chi connectivity index (χ1v) is 37.3. The maximum absolute atomic E-state index is 16.8. The van der Waals surface area contributed by atoms with Crippen molar-refractivity contribution < 1.29 is 85.5 Å². The van der Waals surface area contributed by atoms with Crippen molar-refractivity contribution in [1.82, 2.24) is 10.2 Å². The smallest absolute Gasteiger partial charge is 0.419 e. The number of nitrogens with zero attached hydrogens (tertiary/aromatic N) is 1. The van der Waals surface area contributed by atoms with Crippen LogP contribution in [0.15, 0.2) is 65.3 Å². The molecule has 2 saturated carbocycles. The lowest BCUT2D eigenvalue weighted by atomic mass is 9.45. The molecule has 1 aromatic rings. The number of Topliss-reactive ketones (excluding diaryl/α,β-unsaturated/α-hetero) is 1. The molecule has 2 bridgehead atoms. The SMILES string of the molecule is CC[Si](CC)(CC)O[C@H]1C[C@H]2OC[C@@]2(OC(C)=O)[C@H]2[C@H](OC(=O)c3ccccc3)C3[C@@H](O)[C@H](OC(=O)[C@H](O[Si](C(C)C)(C(C)C)C(C)C)[C@H](C=C(C)C)NC(=O)/C=C/CCCN(C(=O)OC(C)(C)C)C(=O)OC(C)(C)C)C(C)=C([C@@H](OC(C)=O)C(=O)[C@]12C)C3(C)C. The average Bonchev–Trinajstić information content (AvgIpc) is 0.676. The summed E-state index contributed by atoms with van der Waals surface area (Å²) in [7, 11) is -5.82. The normalized spacial score (nSPS) is 26.4. The molecule has 510 valence electrons. The van der Waals surface area contributed by atoms with Gasteiger partial charge in [-0.15, -0.1) is 0 Å². The van der Waals surface area contributed by atoms with Crippen LogP contribution in [0.3, 0.4) is 0 Å². The fourth-order valence-corrected chi connectivity index (χ4v) is 23.5. The van der Waals surface area contributed by atoms with E-state index in [0.29, 0.717) is 23.7 Å². The molecule has 4 aliphatic rings. The number of carbonyl (C=O) groups excluding carboxylic acids is 8. The molecule has 0 aromatic heterocycles. The number of hydrogen-bond donors (Lipinski definition) is 2. The van der Waals surface area contributed by atoms with Crippen molar-refractivity contribution in [3.8, 4) is 0 Å². The number of imide groups is 1. The second-order valence-electron chi connectivity index (χ2n) is 29.3. The molecule has 22 heteroatoms. The van der Waals surface area contributed by atoms with Crippen molar-refractivity contribution in [3.63, 3.8) is 0 Å². The van der Waals surface area contributed by atoms with E-state index < -0.39 is 153 Å². The van der Waals surface area contributed by atoms with Crippen molar-refractivity contribution in [3.05, 3.63) is 70.8 Å². The highest BCUT2D eigenvalue weighted by Gasteiger charge is 2.77. The summed E-state index contributed by atoms with van der Waals surface area (Å²) in [6.07, 6.45) is -6.81. The highest BCUT2D eigenvalue weighted by Crippen LogP contribution is 2.64. The maximum atomic E-state index is 16.8. The van der Waals surface area contributed by atoms with Crippen molar-refractivity contribution in [2.75, 3.05) is 13.2 Å². The molecule has 1 unspecified atom stereocenters. The van der Waals surface area contributed by atoms with Crippen molar-refractivity contribution in [1.29, 1.82) is 0 Å². The largest absolute Gasteiger partial charge is 0.458 e. The van der Waals surface area contributed by atoms with Crippen LogP contribution in [-0.2, 0) is 66.0 Å². The van der Waals surface area contributed by atoms with E-state index in [4.69, 9.17) is 42.0 Å². The van der Waals surface area contributed by atoms with E-state index in [1.54, 1.807) is 126 Å². The maximum Gasteiger partial charge on any atom is 0.419 e. The van der Waals surface area contributed by atoms with Gasteiger partial charge in [0.1, 0.15) is 35.6 Å². The van der Waals surface area contributed by atoms with E-state index in [-0.39, 0.29) is 65.7 Å². The number of aliphatic hydroxyl groups excluding tert-OH is 1. The number of allylic oxidation sites excluding steroid dienone is 2. The van der Waals surface area contributed by atoms with Crippen LogP contribution in [0.2, 0.25) is 34.8 Å². The van der Waals surface area contributed by atoms with Crippen LogP contribution >= 0.6 is 0 Å². The lowest BCUT2D eigenvalue weighted by Crippen LogP contribution is -2.80. The third kappa shape index (κ3) is 16.5. The van der Waals surface area contributed by atoms with E-state index >= 15 is 14.4 Å². The van der Waals surface area contributed by atoms with Crippen molar-refractivity contribution in [2.24, 2.45) is 22.7 Å². The molecule has 1 heterocycles. The van der Waals surface area contributed by atoms with E-state index in [0.717, 1.165) is 4.90 Å². The molecule has 5 rings (SSSR count). The summed E-state index contributed by atoms with van der Waals surface area (Å²) >= 11 is 0. The monoisotopic (exact) mass is 1310 g/mol. The van der Waals surface area contributed by atoms with Gasteiger partial charge in [0.05, 0.1) is 35.6 Å². The number of ether oxygens (including phenoxy) is 7. The molecule has 1 aliphatic heterocycles. The summed E-state index contributed by atoms with van der Waals surface area (Å²) < 4.78 is 58.7. The van der Waals surface area contributed by atoms with E-state index in [9.17, 15) is 29.1 Å². The minimum Gasteiger partial charge on any atom is -0.458 e. The summed E-state index contributed by atoms with van der Waals surface area (Å²) in [5.41, 5.74) is -5.80. The molecule has 0 spiro atoms. The van der Waals surface area contributed by atoms with Gasteiger partial charge in [-0.25, -0.2) is 24.1 Å². The zero-order valence-corrected chi connectivity index (χ0v) is 60.6. The molecule has 3 amide bonds. The van der Waals surface area contributed by atoms with Crippen LogP contribution in [0.25, 0.3) is 0 Å². The zero-order valence-electron chi connectivity index (χ0n) is 58.6. The third-order valence-electron chi connectivity index (χ3n) is 19.2. The van der Waals surface area contributed by atoms with Gasteiger partial charge in [0.25, 0.3) is 0 Å². The summed E-state index contributed by atoms with van der Waals surface area (Å²) in [6.45, 7) is 41.1. The highest BCUT2D eigenvalue weighted by molar-refractivity contribution is 6.77. The summed E-state index contributed by atoms with van der Waals surface area (Å²) in [6, 6.07) is 9.08. The predicted octanol–water partition coefficient (Wildman–Crippen LogP) is 12.6. The molecular formula is C69H108N2O18Si2. The van der Waals surface area contributed by atoms with Gasteiger partial charge in [0, 0.05) is 32.7 Å². The van der Waals surface area contributed by atoms with Gasteiger partial charge in [-0.2, -0.15) is 0 Å².